The molecule has 1 aliphatic rings. The fraction of sp³-hybridized carbons (Fsp3) is 0.185. The molecule has 0 aliphatic carbocycles. The predicted molar refractivity (Wildman–Crippen MR) is 135 cm³/mol. The average molecular weight is 487 g/mol. The number of benzene rings is 3. The van der Waals surface area contributed by atoms with Crippen LogP contribution in [-0.2, 0) is 15.1 Å². The second-order valence-corrected chi connectivity index (χ2v) is 8.62. The molecular weight excluding hydrogens is 460 g/mol. The number of hydrogen-bond donors (Lipinski definition) is 3. The number of hydrogen-bond acceptors (Lipinski definition) is 5. The van der Waals surface area contributed by atoms with Crippen LogP contribution in [0, 0.1) is 6.92 Å². The van der Waals surface area contributed by atoms with Crippen LogP contribution >= 0.6 is 0 Å². The smallest absolute Gasteiger partial charge is 0.325 e. The first-order valence-corrected chi connectivity index (χ1v) is 11.3. The minimum absolute atomic E-state index is 0.312. The summed E-state index contributed by atoms with van der Waals surface area (Å²) < 4.78 is 5.10. The Balaban J connectivity index is 1.36. The maximum Gasteiger partial charge on any atom is 0.325 e. The molecule has 1 atom stereocenters. The van der Waals surface area contributed by atoms with Gasteiger partial charge < -0.3 is 20.7 Å². The summed E-state index contributed by atoms with van der Waals surface area (Å²) >= 11 is 0. The van der Waals surface area contributed by atoms with Crippen molar-refractivity contribution in [3.05, 3.63) is 89.5 Å². The highest BCUT2D eigenvalue weighted by molar-refractivity contribution is 6.10. The number of amides is 5. The summed E-state index contributed by atoms with van der Waals surface area (Å²) in [5.74, 6) is -0.673. The number of anilines is 2. The number of nitrogens with one attached hydrogen (secondary N) is 3. The van der Waals surface area contributed by atoms with Crippen LogP contribution in [0.2, 0.25) is 0 Å². The first kappa shape index (κ1) is 24.5. The molecule has 1 fully saturated rings. The van der Waals surface area contributed by atoms with E-state index in [1.54, 1.807) is 74.7 Å². The molecule has 36 heavy (non-hydrogen) atoms. The summed E-state index contributed by atoms with van der Waals surface area (Å²) in [5.41, 5.74) is 1.85. The van der Waals surface area contributed by atoms with E-state index in [0.29, 0.717) is 28.3 Å². The van der Waals surface area contributed by atoms with Gasteiger partial charge in [0.05, 0.1) is 7.11 Å². The van der Waals surface area contributed by atoms with Crippen molar-refractivity contribution in [1.82, 2.24) is 10.2 Å². The van der Waals surface area contributed by atoms with E-state index in [1.165, 1.54) is 0 Å². The maximum absolute atomic E-state index is 13.0. The number of ether oxygens (including phenoxy) is 1. The third-order valence-corrected chi connectivity index (χ3v) is 5.98. The van der Waals surface area contributed by atoms with Crippen LogP contribution in [0.3, 0.4) is 0 Å². The van der Waals surface area contributed by atoms with Gasteiger partial charge in [-0.25, -0.2) is 4.79 Å². The molecule has 0 radical (unpaired) electrons. The van der Waals surface area contributed by atoms with Crippen LogP contribution in [0.5, 0.6) is 5.75 Å². The van der Waals surface area contributed by atoms with Gasteiger partial charge in [0.15, 0.2) is 0 Å². The van der Waals surface area contributed by atoms with E-state index in [9.17, 15) is 19.2 Å². The van der Waals surface area contributed by atoms with Crippen molar-refractivity contribution in [1.29, 1.82) is 0 Å². The number of nitrogens with zero attached hydrogens (tertiary/aromatic N) is 1. The van der Waals surface area contributed by atoms with Gasteiger partial charge in [-0.1, -0.05) is 29.8 Å². The third-order valence-electron chi connectivity index (χ3n) is 5.98. The molecule has 0 saturated carbocycles. The lowest BCUT2D eigenvalue weighted by Crippen LogP contribution is -2.42. The van der Waals surface area contributed by atoms with E-state index in [1.807, 2.05) is 19.1 Å². The molecule has 9 heteroatoms. The van der Waals surface area contributed by atoms with Crippen molar-refractivity contribution < 1.29 is 23.9 Å². The van der Waals surface area contributed by atoms with Crippen molar-refractivity contribution in [2.24, 2.45) is 0 Å². The van der Waals surface area contributed by atoms with Gasteiger partial charge >= 0.3 is 6.03 Å². The maximum atomic E-state index is 13.0. The molecule has 0 unspecified atom stereocenters. The van der Waals surface area contributed by atoms with Crippen LogP contribution in [0.4, 0.5) is 16.2 Å². The normalized spacial score (nSPS) is 16.9. The molecule has 0 aromatic heterocycles. The molecule has 0 spiro atoms. The van der Waals surface area contributed by atoms with Crippen molar-refractivity contribution in [2.45, 2.75) is 19.4 Å². The average Bonchev–Trinajstić information content (AvgIpc) is 3.09. The summed E-state index contributed by atoms with van der Waals surface area (Å²) in [4.78, 5) is 51.5. The standard InChI is InChI=1S/C27H26N4O5/c1-17-4-8-19(9-5-17)27(2)25(34)31(26(35)30-27)16-23(32)28-20-10-6-18(7-11-20)24(33)29-21-12-14-22(36-3)15-13-21/h4-15H,16H2,1-3H3,(H,28,32)(H,29,33)(H,30,35)/t27-/m0/s1. The minimum Gasteiger partial charge on any atom is -0.497 e. The molecule has 1 saturated heterocycles. The number of carbonyl (C=O) groups is 4. The molecule has 1 aliphatic heterocycles. The second kappa shape index (κ2) is 9.91. The van der Waals surface area contributed by atoms with E-state index in [0.717, 1.165) is 10.5 Å². The molecule has 3 N–H and O–H groups in total. The van der Waals surface area contributed by atoms with E-state index in [2.05, 4.69) is 16.0 Å². The molecule has 1 heterocycles. The number of carbonyl (C=O) groups excluding carboxylic acids is 4. The molecule has 0 bridgehead atoms. The summed E-state index contributed by atoms with van der Waals surface area (Å²) in [6, 6.07) is 19.9. The van der Waals surface area contributed by atoms with Gasteiger partial charge in [0.2, 0.25) is 5.91 Å². The van der Waals surface area contributed by atoms with Crippen LogP contribution in [0.1, 0.15) is 28.4 Å². The van der Waals surface area contributed by atoms with Gasteiger partial charge in [-0.3, -0.25) is 19.3 Å². The van der Waals surface area contributed by atoms with Crippen molar-refractivity contribution >= 4 is 35.1 Å². The van der Waals surface area contributed by atoms with Crippen molar-refractivity contribution in [3.8, 4) is 5.75 Å². The fourth-order valence-electron chi connectivity index (χ4n) is 3.85. The van der Waals surface area contributed by atoms with Crippen LogP contribution in [-0.4, -0.2) is 42.3 Å². The Bertz CT molecular complexity index is 1300. The highest BCUT2D eigenvalue weighted by atomic mass is 16.5. The Hall–Kier alpha value is -4.66. The Morgan fingerprint density at radius 1 is 0.889 bits per heavy atom. The molecule has 5 amide bonds. The van der Waals surface area contributed by atoms with Crippen molar-refractivity contribution in [2.75, 3.05) is 24.3 Å². The summed E-state index contributed by atoms with van der Waals surface area (Å²) in [6.07, 6.45) is 0. The lowest BCUT2D eigenvalue weighted by Gasteiger charge is -2.22. The van der Waals surface area contributed by atoms with Gasteiger partial charge in [0, 0.05) is 16.9 Å². The Morgan fingerprint density at radius 3 is 2.08 bits per heavy atom. The first-order chi connectivity index (χ1) is 17.2. The summed E-state index contributed by atoms with van der Waals surface area (Å²) in [7, 11) is 1.56. The zero-order valence-electron chi connectivity index (χ0n) is 20.1. The predicted octanol–water partition coefficient (Wildman–Crippen LogP) is 3.66. The van der Waals surface area contributed by atoms with Crippen molar-refractivity contribution in [3.63, 3.8) is 0 Å². The van der Waals surface area contributed by atoms with Gasteiger partial charge in [0.1, 0.15) is 17.8 Å². The molecule has 3 aromatic carbocycles. The number of urea groups is 1. The topological polar surface area (TPSA) is 117 Å². The van der Waals surface area contributed by atoms with Crippen LogP contribution in [0.25, 0.3) is 0 Å². The SMILES string of the molecule is COc1ccc(NC(=O)c2ccc(NC(=O)CN3C(=O)N[C@@](C)(c4ccc(C)cc4)C3=O)cc2)cc1. The monoisotopic (exact) mass is 486 g/mol. The number of methoxy groups -OCH3 is 1. The molecule has 9 nitrogen and oxygen atoms in total. The molecular formula is C27H26N4O5. The Labute approximate surface area is 208 Å². The first-order valence-electron chi connectivity index (χ1n) is 11.3. The zero-order chi connectivity index (χ0) is 25.9. The van der Waals surface area contributed by atoms with E-state index in [4.69, 9.17) is 4.74 Å². The lowest BCUT2D eigenvalue weighted by molar-refractivity contribution is -0.133. The summed E-state index contributed by atoms with van der Waals surface area (Å²) in [6.45, 7) is 3.11. The summed E-state index contributed by atoms with van der Waals surface area (Å²) in [5, 5.41) is 8.12. The van der Waals surface area contributed by atoms with E-state index in [-0.39, 0.29) is 5.91 Å². The molecule has 184 valence electrons. The third kappa shape index (κ3) is 5.05. The number of aryl methyl sites for hydroxylation is 1. The number of imide groups is 1. The highest BCUT2D eigenvalue weighted by Gasteiger charge is 2.49. The Kier molecular flexibility index (Phi) is 6.73. The van der Waals surface area contributed by atoms with Crippen LogP contribution in [0.15, 0.2) is 72.8 Å². The van der Waals surface area contributed by atoms with Gasteiger partial charge in [0.25, 0.3) is 11.8 Å². The highest BCUT2D eigenvalue weighted by Crippen LogP contribution is 2.29. The second-order valence-electron chi connectivity index (χ2n) is 8.62. The lowest BCUT2D eigenvalue weighted by atomic mass is 9.91. The van der Waals surface area contributed by atoms with Gasteiger partial charge in [-0.15, -0.1) is 0 Å². The van der Waals surface area contributed by atoms with Crippen LogP contribution < -0.4 is 20.7 Å². The largest absolute Gasteiger partial charge is 0.497 e. The van der Waals surface area contributed by atoms with Gasteiger partial charge in [-0.2, -0.15) is 0 Å². The molecule has 4 rings (SSSR count). The minimum atomic E-state index is -1.25. The fourth-order valence-corrected chi connectivity index (χ4v) is 3.85. The molecule has 3 aromatic rings. The quantitative estimate of drug-likeness (QED) is 0.441. The zero-order valence-corrected chi connectivity index (χ0v) is 20.1. The van der Waals surface area contributed by atoms with E-state index < -0.39 is 29.9 Å². The van der Waals surface area contributed by atoms with Gasteiger partial charge in [-0.05, 0) is 67.9 Å². The van der Waals surface area contributed by atoms with E-state index >= 15 is 0 Å². The number of rotatable bonds is 7. The Morgan fingerprint density at radius 2 is 1.47 bits per heavy atom.